The second-order valence-corrected chi connectivity index (χ2v) is 5.24. The Kier molecular flexibility index (Phi) is 3.86. The van der Waals surface area contributed by atoms with E-state index in [-0.39, 0.29) is 6.04 Å². The molecule has 2 rings (SSSR count). The molecule has 1 atom stereocenters. The van der Waals surface area contributed by atoms with Crippen molar-refractivity contribution in [2.24, 2.45) is 11.7 Å². The second-order valence-electron chi connectivity index (χ2n) is 5.24. The van der Waals surface area contributed by atoms with Crippen LogP contribution in [0, 0.1) is 5.92 Å². The van der Waals surface area contributed by atoms with E-state index in [0.717, 1.165) is 37.7 Å². The summed E-state index contributed by atoms with van der Waals surface area (Å²) in [4.78, 5) is 10.6. The van der Waals surface area contributed by atoms with Crippen molar-refractivity contribution in [1.29, 1.82) is 0 Å². The first-order valence-electron chi connectivity index (χ1n) is 6.43. The van der Waals surface area contributed by atoms with Gasteiger partial charge >= 0.3 is 0 Å². The predicted octanol–water partition coefficient (Wildman–Crippen LogP) is 0.664. The summed E-state index contributed by atoms with van der Waals surface area (Å²) in [6, 6.07) is 2.17. The van der Waals surface area contributed by atoms with Crippen LogP contribution in [-0.4, -0.2) is 35.6 Å². The lowest BCUT2D eigenvalue weighted by molar-refractivity contribution is 0.687. The minimum Gasteiger partial charge on any atom is -0.370 e. The minimum absolute atomic E-state index is 0.230. The van der Waals surface area contributed by atoms with Gasteiger partial charge in [0.2, 0.25) is 5.95 Å². The largest absolute Gasteiger partial charge is 0.370 e. The quantitative estimate of drug-likeness (QED) is 0.727. The molecule has 6 heteroatoms. The van der Waals surface area contributed by atoms with Gasteiger partial charge in [0.05, 0.1) is 0 Å². The minimum atomic E-state index is 0.230. The first kappa shape index (κ1) is 12.9. The summed E-state index contributed by atoms with van der Waals surface area (Å²) in [6.45, 7) is 6.94. The zero-order valence-corrected chi connectivity index (χ0v) is 11.1. The van der Waals surface area contributed by atoms with Crippen LogP contribution in [0.1, 0.15) is 20.3 Å². The Morgan fingerprint density at radius 1 is 1.50 bits per heavy atom. The fourth-order valence-electron chi connectivity index (χ4n) is 2.01. The molecule has 100 valence electrons. The van der Waals surface area contributed by atoms with Crippen LogP contribution in [0.3, 0.4) is 0 Å². The first-order chi connectivity index (χ1) is 8.54. The van der Waals surface area contributed by atoms with Crippen molar-refractivity contribution < 1.29 is 0 Å². The molecule has 1 aromatic rings. The lowest BCUT2D eigenvalue weighted by Gasteiger charge is -2.18. The van der Waals surface area contributed by atoms with Crippen LogP contribution in [0.25, 0.3) is 0 Å². The summed E-state index contributed by atoms with van der Waals surface area (Å²) >= 11 is 0. The fraction of sp³-hybridized carbons (Fsp3) is 0.667. The van der Waals surface area contributed by atoms with Crippen LogP contribution >= 0.6 is 0 Å². The maximum Gasteiger partial charge on any atom is 0.223 e. The molecule has 1 aliphatic rings. The number of rotatable bonds is 4. The average Bonchev–Trinajstić information content (AvgIpc) is 2.72. The van der Waals surface area contributed by atoms with E-state index < -0.39 is 0 Å². The van der Waals surface area contributed by atoms with Gasteiger partial charge < -0.3 is 21.7 Å². The van der Waals surface area contributed by atoms with Gasteiger partial charge in [0, 0.05) is 31.7 Å². The monoisotopic (exact) mass is 250 g/mol. The Bertz CT molecular complexity index is 406. The number of aromatic nitrogens is 2. The number of hydrogen-bond donors (Lipinski definition) is 3. The topological polar surface area (TPSA) is 93.1 Å². The second kappa shape index (κ2) is 5.39. The van der Waals surface area contributed by atoms with Crippen LogP contribution in [0.5, 0.6) is 0 Å². The van der Waals surface area contributed by atoms with Gasteiger partial charge in [0.25, 0.3) is 0 Å². The number of nitrogens with zero attached hydrogens (tertiary/aromatic N) is 3. The van der Waals surface area contributed by atoms with Crippen LogP contribution < -0.4 is 21.7 Å². The first-order valence-corrected chi connectivity index (χ1v) is 6.43. The highest BCUT2D eigenvalue weighted by molar-refractivity contribution is 5.53. The zero-order chi connectivity index (χ0) is 13.1. The van der Waals surface area contributed by atoms with E-state index in [9.17, 15) is 0 Å². The van der Waals surface area contributed by atoms with Crippen molar-refractivity contribution in [3.63, 3.8) is 0 Å². The Hall–Kier alpha value is -1.56. The average molecular weight is 250 g/mol. The molecule has 1 saturated heterocycles. The standard InChI is InChI=1S/C12H22N6/c1-8(2)6-15-10-5-11(17-12(14)16-10)18-4-3-9(13)7-18/h5,8-9H,3-4,6-7,13H2,1-2H3,(H3,14,15,16,17)/t9-/m1/s1. The Balaban J connectivity index is 2.11. The molecule has 1 aromatic heterocycles. The lowest BCUT2D eigenvalue weighted by Crippen LogP contribution is -2.27. The summed E-state index contributed by atoms with van der Waals surface area (Å²) in [5, 5.41) is 3.27. The van der Waals surface area contributed by atoms with Gasteiger partial charge in [-0.05, 0) is 12.3 Å². The molecule has 1 fully saturated rings. The lowest BCUT2D eigenvalue weighted by atomic mass is 10.2. The molecule has 1 aliphatic heterocycles. The van der Waals surface area contributed by atoms with Crippen molar-refractivity contribution in [3.05, 3.63) is 6.07 Å². The molecule has 5 N–H and O–H groups in total. The third kappa shape index (κ3) is 3.22. The van der Waals surface area contributed by atoms with Gasteiger partial charge in [-0.1, -0.05) is 13.8 Å². The number of nitrogens with one attached hydrogen (secondary N) is 1. The predicted molar refractivity (Wildman–Crippen MR) is 74.6 cm³/mol. The molecule has 0 saturated carbocycles. The van der Waals surface area contributed by atoms with Crippen molar-refractivity contribution in [3.8, 4) is 0 Å². The van der Waals surface area contributed by atoms with Gasteiger partial charge in [-0.15, -0.1) is 0 Å². The summed E-state index contributed by atoms with van der Waals surface area (Å²) < 4.78 is 0. The van der Waals surface area contributed by atoms with E-state index in [4.69, 9.17) is 11.5 Å². The van der Waals surface area contributed by atoms with Crippen LogP contribution in [0.4, 0.5) is 17.6 Å². The highest BCUT2D eigenvalue weighted by Gasteiger charge is 2.21. The van der Waals surface area contributed by atoms with Crippen molar-refractivity contribution in [1.82, 2.24) is 9.97 Å². The normalized spacial score (nSPS) is 19.6. The van der Waals surface area contributed by atoms with E-state index in [1.165, 1.54) is 0 Å². The van der Waals surface area contributed by atoms with Crippen molar-refractivity contribution in [2.75, 3.05) is 35.6 Å². The summed E-state index contributed by atoms with van der Waals surface area (Å²) in [5.74, 6) is 2.51. The highest BCUT2D eigenvalue weighted by atomic mass is 15.2. The van der Waals surface area contributed by atoms with E-state index in [2.05, 4.69) is 34.0 Å². The molecule has 6 nitrogen and oxygen atoms in total. The summed E-state index contributed by atoms with van der Waals surface area (Å²) in [6.07, 6.45) is 0.999. The van der Waals surface area contributed by atoms with Crippen LogP contribution in [0.15, 0.2) is 6.07 Å². The maximum absolute atomic E-state index is 5.91. The summed E-state index contributed by atoms with van der Waals surface area (Å²) in [7, 11) is 0. The van der Waals surface area contributed by atoms with E-state index in [0.29, 0.717) is 11.9 Å². The molecule has 0 aromatic carbocycles. The van der Waals surface area contributed by atoms with E-state index in [1.807, 2.05) is 6.07 Å². The molecule has 0 aliphatic carbocycles. The van der Waals surface area contributed by atoms with Gasteiger partial charge in [-0.25, -0.2) is 0 Å². The Morgan fingerprint density at radius 3 is 2.89 bits per heavy atom. The van der Waals surface area contributed by atoms with Crippen LogP contribution in [-0.2, 0) is 0 Å². The fourth-order valence-corrected chi connectivity index (χ4v) is 2.01. The smallest absolute Gasteiger partial charge is 0.223 e. The molecule has 2 heterocycles. The van der Waals surface area contributed by atoms with Gasteiger partial charge in [-0.3, -0.25) is 0 Å². The summed E-state index contributed by atoms with van der Waals surface area (Å²) in [5.41, 5.74) is 11.7. The molecule has 0 radical (unpaired) electrons. The molecular weight excluding hydrogens is 228 g/mol. The number of hydrogen-bond acceptors (Lipinski definition) is 6. The molecule has 18 heavy (non-hydrogen) atoms. The number of nitrogens with two attached hydrogens (primary N) is 2. The molecule has 0 unspecified atom stereocenters. The highest BCUT2D eigenvalue weighted by Crippen LogP contribution is 2.21. The number of nitrogen functional groups attached to an aromatic ring is 1. The van der Waals surface area contributed by atoms with Crippen LogP contribution in [0.2, 0.25) is 0 Å². The molecular formula is C12H22N6. The number of anilines is 3. The van der Waals surface area contributed by atoms with Crippen molar-refractivity contribution >= 4 is 17.6 Å². The molecule has 0 amide bonds. The maximum atomic E-state index is 5.91. The third-order valence-electron chi connectivity index (χ3n) is 2.97. The van der Waals surface area contributed by atoms with Gasteiger partial charge in [0.15, 0.2) is 0 Å². The van der Waals surface area contributed by atoms with Gasteiger partial charge in [-0.2, -0.15) is 9.97 Å². The van der Waals surface area contributed by atoms with E-state index >= 15 is 0 Å². The van der Waals surface area contributed by atoms with E-state index in [1.54, 1.807) is 0 Å². The van der Waals surface area contributed by atoms with Crippen molar-refractivity contribution in [2.45, 2.75) is 26.3 Å². The third-order valence-corrected chi connectivity index (χ3v) is 2.97. The van der Waals surface area contributed by atoms with Gasteiger partial charge in [0.1, 0.15) is 11.6 Å². The molecule has 0 spiro atoms. The SMILES string of the molecule is CC(C)CNc1cc(N2CC[C@@H](N)C2)nc(N)n1. The molecule has 0 bridgehead atoms. The Morgan fingerprint density at radius 2 is 2.28 bits per heavy atom. The Labute approximate surface area is 108 Å². The zero-order valence-electron chi connectivity index (χ0n) is 11.1.